The van der Waals surface area contributed by atoms with Crippen LogP contribution in [0.15, 0.2) is 42.7 Å². The fraction of sp³-hybridized carbons (Fsp3) is 0.500. The zero-order chi connectivity index (χ0) is 17.4. The Kier molecular flexibility index (Phi) is 4.02. The Morgan fingerprint density at radius 3 is 2.80 bits per heavy atom. The molecule has 3 unspecified atom stereocenters. The molecular weight excluding hydrogens is 312 g/mol. The molecule has 3 atom stereocenters. The highest BCUT2D eigenvalue weighted by molar-refractivity contribution is 5.77. The van der Waals surface area contributed by atoms with Gasteiger partial charge >= 0.3 is 6.03 Å². The lowest BCUT2D eigenvalue weighted by atomic mass is 9.62. The Balaban J connectivity index is 1.56. The van der Waals surface area contributed by atoms with Gasteiger partial charge in [-0.15, -0.1) is 0 Å². The maximum Gasteiger partial charge on any atom is 0.318 e. The van der Waals surface area contributed by atoms with Crippen LogP contribution in [0, 0.1) is 5.92 Å². The highest BCUT2D eigenvalue weighted by Gasteiger charge is 2.57. The molecule has 4 rings (SSSR count). The zero-order valence-electron chi connectivity index (χ0n) is 15.0. The van der Waals surface area contributed by atoms with E-state index in [1.165, 1.54) is 24.8 Å². The third-order valence-electron chi connectivity index (χ3n) is 6.00. The van der Waals surface area contributed by atoms with Crippen molar-refractivity contribution in [1.29, 1.82) is 0 Å². The van der Waals surface area contributed by atoms with Crippen molar-refractivity contribution < 1.29 is 4.79 Å². The average molecular weight is 338 g/mol. The van der Waals surface area contributed by atoms with Crippen LogP contribution in [0.2, 0.25) is 0 Å². The molecule has 1 aromatic carbocycles. The number of fused-ring (bicyclic) bond motifs is 1. The molecule has 5 nitrogen and oxygen atoms in total. The van der Waals surface area contributed by atoms with E-state index in [1.54, 1.807) is 4.68 Å². The van der Waals surface area contributed by atoms with Gasteiger partial charge in [0.05, 0.1) is 17.8 Å². The number of aromatic nitrogens is 2. The fourth-order valence-corrected chi connectivity index (χ4v) is 4.63. The summed E-state index contributed by atoms with van der Waals surface area (Å²) in [5.41, 5.74) is 2.21. The third-order valence-corrected chi connectivity index (χ3v) is 6.00. The molecule has 2 fully saturated rings. The van der Waals surface area contributed by atoms with E-state index in [1.807, 2.05) is 32.4 Å². The van der Waals surface area contributed by atoms with E-state index < -0.39 is 0 Å². The van der Waals surface area contributed by atoms with E-state index in [-0.39, 0.29) is 17.6 Å². The first-order valence-electron chi connectivity index (χ1n) is 9.23. The van der Waals surface area contributed by atoms with Crippen LogP contribution in [0.1, 0.15) is 49.8 Å². The summed E-state index contributed by atoms with van der Waals surface area (Å²) in [6.45, 7) is 2.88. The molecule has 2 amide bonds. The van der Waals surface area contributed by atoms with Crippen LogP contribution < -0.4 is 5.32 Å². The lowest BCUT2D eigenvalue weighted by Crippen LogP contribution is -2.69. The molecule has 1 aliphatic carbocycles. The number of carbonyl (C=O) groups excluding carboxylic acids is 1. The van der Waals surface area contributed by atoms with Gasteiger partial charge in [0, 0.05) is 31.3 Å². The second-order valence-corrected chi connectivity index (χ2v) is 7.46. The molecule has 0 spiro atoms. The summed E-state index contributed by atoms with van der Waals surface area (Å²) < 4.78 is 1.77. The van der Waals surface area contributed by atoms with Gasteiger partial charge < -0.3 is 10.2 Å². The minimum Gasteiger partial charge on any atom is -0.331 e. The van der Waals surface area contributed by atoms with Crippen molar-refractivity contribution >= 4 is 6.03 Å². The van der Waals surface area contributed by atoms with E-state index in [0.29, 0.717) is 5.92 Å². The SMILES string of the molecule is CC(NC(=O)N1CC2CCCCC21c1ccccc1)c1cnn(C)c1. The Morgan fingerprint density at radius 2 is 2.12 bits per heavy atom. The number of rotatable bonds is 3. The average Bonchev–Trinajstić information content (AvgIpc) is 3.03. The first-order valence-corrected chi connectivity index (χ1v) is 9.23. The number of aryl methyl sites for hydroxylation is 1. The molecule has 1 N–H and O–H groups in total. The normalized spacial score (nSPS) is 26.5. The van der Waals surface area contributed by atoms with Gasteiger partial charge in [0.25, 0.3) is 0 Å². The van der Waals surface area contributed by atoms with Gasteiger partial charge in [-0.2, -0.15) is 5.10 Å². The van der Waals surface area contributed by atoms with Crippen LogP contribution in [-0.4, -0.2) is 27.3 Å². The quantitative estimate of drug-likeness (QED) is 0.930. The van der Waals surface area contributed by atoms with Crippen molar-refractivity contribution in [1.82, 2.24) is 20.0 Å². The van der Waals surface area contributed by atoms with E-state index >= 15 is 0 Å². The van der Waals surface area contributed by atoms with Crippen LogP contribution in [-0.2, 0) is 12.6 Å². The van der Waals surface area contributed by atoms with Gasteiger partial charge in [0.15, 0.2) is 0 Å². The number of carbonyl (C=O) groups is 1. The molecule has 2 aliphatic rings. The maximum atomic E-state index is 13.0. The van der Waals surface area contributed by atoms with Crippen LogP contribution >= 0.6 is 0 Å². The second kappa shape index (κ2) is 6.21. The van der Waals surface area contributed by atoms with Gasteiger partial charge in [-0.3, -0.25) is 4.68 Å². The number of amides is 2. The topological polar surface area (TPSA) is 50.2 Å². The summed E-state index contributed by atoms with van der Waals surface area (Å²) >= 11 is 0. The van der Waals surface area contributed by atoms with Gasteiger partial charge in [-0.25, -0.2) is 4.79 Å². The maximum absolute atomic E-state index is 13.0. The molecule has 5 heteroatoms. The molecule has 1 saturated carbocycles. The summed E-state index contributed by atoms with van der Waals surface area (Å²) in [5.74, 6) is 0.586. The van der Waals surface area contributed by atoms with Crippen molar-refractivity contribution in [2.45, 2.75) is 44.2 Å². The Hall–Kier alpha value is -2.30. The monoisotopic (exact) mass is 338 g/mol. The summed E-state index contributed by atoms with van der Waals surface area (Å²) in [6, 6.07) is 10.6. The summed E-state index contributed by atoms with van der Waals surface area (Å²) in [6.07, 6.45) is 8.52. The predicted octanol–water partition coefficient (Wildman–Crippen LogP) is 3.59. The molecule has 1 aliphatic heterocycles. The minimum absolute atomic E-state index is 0.0401. The lowest BCUT2D eigenvalue weighted by molar-refractivity contribution is -0.0798. The van der Waals surface area contributed by atoms with Crippen LogP contribution in [0.4, 0.5) is 4.79 Å². The van der Waals surface area contributed by atoms with E-state index in [2.05, 4.69) is 39.6 Å². The number of hydrogen-bond donors (Lipinski definition) is 1. The van der Waals surface area contributed by atoms with Crippen molar-refractivity contribution in [3.8, 4) is 0 Å². The Labute approximate surface area is 149 Å². The number of nitrogens with one attached hydrogen (secondary N) is 1. The molecule has 2 aromatic rings. The molecular formula is C20H26N4O. The number of urea groups is 1. The van der Waals surface area contributed by atoms with Crippen LogP contribution in [0.25, 0.3) is 0 Å². The van der Waals surface area contributed by atoms with Crippen molar-refractivity contribution in [2.75, 3.05) is 6.54 Å². The molecule has 0 radical (unpaired) electrons. The molecule has 0 bridgehead atoms. The Morgan fingerprint density at radius 1 is 1.32 bits per heavy atom. The van der Waals surface area contributed by atoms with E-state index in [4.69, 9.17) is 0 Å². The summed E-state index contributed by atoms with van der Waals surface area (Å²) in [7, 11) is 1.89. The van der Waals surface area contributed by atoms with Crippen LogP contribution in [0.5, 0.6) is 0 Å². The van der Waals surface area contributed by atoms with Crippen molar-refractivity contribution in [2.24, 2.45) is 13.0 Å². The third kappa shape index (κ3) is 2.62. The number of likely N-dealkylation sites (tertiary alicyclic amines) is 1. The summed E-state index contributed by atoms with van der Waals surface area (Å²) in [5, 5.41) is 7.38. The largest absolute Gasteiger partial charge is 0.331 e. The first kappa shape index (κ1) is 16.2. The lowest BCUT2D eigenvalue weighted by Gasteiger charge is -2.61. The molecule has 1 aromatic heterocycles. The highest BCUT2D eigenvalue weighted by atomic mass is 16.2. The molecule has 1 saturated heterocycles. The van der Waals surface area contributed by atoms with Gasteiger partial charge in [-0.1, -0.05) is 43.2 Å². The number of benzene rings is 1. The van der Waals surface area contributed by atoms with E-state index in [0.717, 1.165) is 18.5 Å². The van der Waals surface area contributed by atoms with E-state index in [9.17, 15) is 4.79 Å². The standard InChI is InChI=1S/C20H26N4O/c1-15(16-12-21-23(2)13-16)22-19(25)24-14-18-10-6-7-11-20(18,24)17-8-4-3-5-9-17/h3-5,8-9,12-13,15,18H,6-7,10-11,14H2,1-2H3,(H,22,25). The van der Waals surface area contributed by atoms with Crippen molar-refractivity contribution in [3.63, 3.8) is 0 Å². The molecule has 132 valence electrons. The molecule has 2 heterocycles. The van der Waals surface area contributed by atoms with Crippen molar-refractivity contribution in [3.05, 3.63) is 53.9 Å². The van der Waals surface area contributed by atoms with Crippen LogP contribution in [0.3, 0.4) is 0 Å². The Bertz CT molecular complexity index is 756. The van der Waals surface area contributed by atoms with Gasteiger partial charge in [-0.05, 0) is 25.3 Å². The minimum atomic E-state index is -0.113. The fourth-order valence-electron chi connectivity index (χ4n) is 4.63. The highest BCUT2D eigenvalue weighted by Crippen LogP contribution is 2.53. The number of hydrogen-bond acceptors (Lipinski definition) is 2. The van der Waals surface area contributed by atoms with Gasteiger partial charge in [0.1, 0.15) is 0 Å². The zero-order valence-corrected chi connectivity index (χ0v) is 15.0. The molecule has 25 heavy (non-hydrogen) atoms. The summed E-state index contributed by atoms with van der Waals surface area (Å²) in [4.78, 5) is 15.1. The predicted molar refractivity (Wildman–Crippen MR) is 96.9 cm³/mol. The first-order chi connectivity index (χ1) is 12.1. The second-order valence-electron chi connectivity index (χ2n) is 7.46. The van der Waals surface area contributed by atoms with Gasteiger partial charge in [0.2, 0.25) is 0 Å². The number of nitrogens with zero attached hydrogens (tertiary/aromatic N) is 3. The smallest absolute Gasteiger partial charge is 0.318 e.